The van der Waals surface area contributed by atoms with E-state index in [-0.39, 0.29) is 18.1 Å². The van der Waals surface area contributed by atoms with Crippen molar-refractivity contribution in [2.45, 2.75) is 13.2 Å². The van der Waals surface area contributed by atoms with Crippen LogP contribution < -0.4 is 9.47 Å². The number of halogens is 2. The normalized spacial score (nSPS) is 10.6. The summed E-state index contributed by atoms with van der Waals surface area (Å²) in [6.07, 6.45) is 2.68. The Labute approximate surface area is 149 Å². The van der Waals surface area contributed by atoms with Gasteiger partial charge in [-0.05, 0) is 41.5 Å². The highest BCUT2D eigenvalue weighted by molar-refractivity contribution is 5.87. The van der Waals surface area contributed by atoms with Gasteiger partial charge in [0.15, 0.2) is 11.5 Å². The van der Waals surface area contributed by atoms with Crippen molar-refractivity contribution < 1.29 is 27.8 Å². The summed E-state index contributed by atoms with van der Waals surface area (Å²) >= 11 is 0. The molecule has 0 N–H and O–H groups in total. The smallest absolute Gasteiger partial charge is 0.387 e. The highest BCUT2D eigenvalue weighted by Gasteiger charge is 2.10. The molecule has 0 aliphatic heterocycles. The summed E-state index contributed by atoms with van der Waals surface area (Å²) in [5.74, 6) is -0.539. The summed E-state index contributed by atoms with van der Waals surface area (Å²) in [5.41, 5.74) is 1.83. The van der Waals surface area contributed by atoms with Gasteiger partial charge in [-0.2, -0.15) is 14.0 Å². The minimum Gasteiger partial charge on any atom is -0.493 e. The Kier molecular flexibility index (Phi) is 6.68. The van der Waals surface area contributed by atoms with Crippen LogP contribution >= 0.6 is 0 Å². The number of benzene rings is 2. The number of hydrogen-bond donors (Lipinski definition) is 0. The van der Waals surface area contributed by atoms with Crippen LogP contribution in [-0.4, -0.2) is 19.7 Å². The first-order valence-corrected chi connectivity index (χ1v) is 7.48. The average molecular weight is 359 g/mol. The third kappa shape index (κ3) is 5.60. The molecule has 0 atom stereocenters. The largest absolute Gasteiger partial charge is 0.493 e. The Morgan fingerprint density at radius 2 is 1.92 bits per heavy atom. The quantitative estimate of drug-likeness (QED) is 0.553. The molecule has 0 aromatic heterocycles. The zero-order valence-corrected chi connectivity index (χ0v) is 13.8. The first kappa shape index (κ1) is 18.9. The molecule has 2 rings (SSSR count). The maximum absolute atomic E-state index is 12.3. The monoisotopic (exact) mass is 359 g/mol. The fraction of sp³-hybridized carbons (Fsp3) is 0.158. The molecule has 0 unspecified atom stereocenters. The first-order valence-electron chi connectivity index (χ1n) is 7.48. The van der Waals surface area contributed by atoms with E-state index in [1.165, 1.54) is 37.5 Å². The van der Waals surface area contributed by atoms with Gasteiger partial charge >= 0.3 is 12.6 Å². The molecule has 5 nitrogen and oxygen atoms in total. The summed E-state index contributed by atoms with van der Waals surface area (Å²) in [6, 6.07) is 13.0. The van der Waals surface area contributed by atoms with Crippen LogP contribution in [0.25, 0.3) is 6.08 Å². The fourth-order valence-electron chi connectivity index (χ4n) is 2.02. The summed E-state index contributed by atoms with van der Waals surface area (Å²) in [6.45, 7) is -2.89. The van der Waals surface area contributed by atoms with Crippen LogP contribution in [0.3, 0.4) is 0 Å². The number of ether oxygens (including phenoxy) is 3. The van der Waals surface area contributed by atoms with Crippen LogP contribution in [0.4, 0.5) is 8.78 Å². The number of nitrogens with zero attached hydrogens (tertiary/aromatic N) is 1. The molecule has 7 heteroatoms. The maximum Gasteiger partial charge on any atom is 0.387 e. The predicted molar refractivity (Wildman–Crippen MR) is 89.6 cm³/mol. The van der Waals surface area contributed by atoms with Crippen LogP contribution in [0.15, 0.2) is 48.5 Å². The molecule has 26 heavy (non-hydrogen) atoms. The zero-order chi connectivity index (χ0) is 18.9. The van der Waals surface area contributed by atoms with Crippen molar-refractivity contribution in [3.8, 4) is 17.6 Å². The Morgan fingerprint density at radius 1 is 1.19 bits per heavy atom. The molecule has 0 radical (unpaired) electrons. The number of carbonyl (C=O) groups excluding carboxylic acids is 1. The Balaban J connectivity index is 1.95. The van der Waals surface area contributed by atoms with Crippen molar-refractivity contribution in [1.29, 1.82) is 5.26 Å². The Morgan fingerprint density at radius 3 is 2.54 bits per heavy atom. The van der Waals surface area contributed by atoms with E-state index in [1.54, 1.807) is 24.3 Å². The van der Waals surface area contributed by atoms with Gasteiger partial charge in [-0.1, -0.05) is 18.2 Å². The van der Waals surface area contributed by atoms with Crippen molar-refractivity contribution in [3.63, 3.8) is 0 Å². The standard InChI is InChI=1S/C19H15F2NO4/c1-24-17-10-13(6-8-16(17)26-19(20)21)7-9-18(23)25-12-15-4-2-14(11-22)3-5-15/h2-10,19H,12H2,1H3. The van der Waals surface area contributed by atoms with E-state index in [1.807, 2.05) is 6.07 Å². The molecule has 0 fully saturated rings. The Bertz CT molecular complexity index is 826. The highest BCUT2D eigenvalue weighted by Crippen LogP contribution is 2.29. The molecule has 0 spiro atoms. The van der Waals surface area contributed by atoms with E-state index in [2.05, 4.69) is 4.74 Å². The molecular formula is C19H15F2NO4. The minimum atomic E-state index is -2.96. The first-order chi connectivity index (χ1) is 12.5. The number of hydrogen-bond acceptors (Lipinski definition) is 5. The molecule has 134 valence electrons. The molecule has 0 aliphatic carbocycles. The van der Waals surface area contributed by atoms with Gasteiger partial charge in [-0.15, -0.1) is 0 Å². The van der Waals surface area contributed by atoms with Crippen molar-refractivity contribution >= 4 is 12.0 Å². The van der Waals surface area contributed by atoms with Gasteiger partial charge in [0.25, 0.3) is 0 Å². The zero-order valence-electron chi connectivity index (χ0n) is 13.8. The fourth-order valence-corrected chi connectivity index (χ4v) is 2.02. The van der Waals surface area contributed by atoms with E-state index in [0.717, 1.165) is 5.56 Å². The topological polar surface area (TPSA) is 68.5 Å². The molecular weight excluding hydrogens is 344 g/mol. The summed E-state index contributed by atoms with van der Waals surface area (Å²) in [5, 5.41) is 8.72. The lowest BCUT2D eigenvalue weighted by atomic mass is 10.1. The molecule has 2 aromatic rings. The lowest BCUT2D eigenvalue weighted by Gasteiger charge is -2.10. The van der Waals surface area contributed by atoms with Crippen LogP contribution in [0.1, 0.15) is 16.7 Å². The molecule has 0 bridgehead atoms. The molecule has 0 aliphatic rings. The molecule has 2 aromatic carbocycles. The molecule has 0 saturated heterocycles. The lowest BCUT2D eigenvalue weighted by molar-refractivity contribution is -0.138. The van der Waals surface area contributed by atoms with Gasteiger partial charge < -0.3 is 14.2 Å². The van der Waals surface area contributed by atoms with E-state index in [9.17, 15) is 13.6 Å². The SMILES string of the molecule is COc1cc(C=CC(=O)OCc2ccc(C#N)cc2)ccc1OC(F)F. The predicted octanol–water partition coefficient (Wildman–Crippen LogP) is 3.92. The van der Waals surface area contributed by atoms with Gasteiger partial charge in [0.05, 0.1) is 18.7 Å². The second-order valence-corrected chi connectivity index (χ2v) is 5.04. The van der Waals surface area contributed by atoms with E-state index < -0.39 is 12.6 Å². The number of nitriles is 1. The van der Waals surface area contributed by atoms with Crippen LogP contribution in [0.5, 0.6) is 11.5 Å². The van der Waals surface area contributed by atoms with Gasteiger partial charge in [0, 0.05) is 6.08 Å². The van der Waals surface area contributed by atoms with Gasteiger partial charge in [-0.3, -0.25) is 0 Å². The van der Waals surface area contributed by atoms with Gasteiger partial charge in [0.2, 0.25) is 0 Å². The number of esters is 1. The van der Waals surface area contributed by atoms with Crippen molar-refractivity contribution in [2.75, 3.05) is 7.11 Å². The Hall–Kier alpha value is -3.40. The molecule has 0 saturated carbocycles. The van der Waals surface area contributed by atoms with Crippen molar-refractivity contribution in [3.05, 3.63) is 65.2 Å². The van der Waals surface area contributed by atoms with Gasteiger partial charge in [-0.25, -0.2) is 4.79 Å². The summed E-state index contributed by atoms with van der Waals surface area (Å²) in [4.78, 5) is 11.8. The van der Waals surface area contributed by atoms with Crippen LogP contribution in [-0.2, 0) is 16.1 Å². The molecule has 0 heterocycles. The second kappa shape index (κ2) is 9.18. The minimum absolute atomic E-state index is 0.0688. The highest BCUT2D eigenvalue weighted by atomic mass is 19.3. The molecule has 0 amide bonds. The van der Waals surface area contributed by atoms with Crippen LogP contribution in [0.2, 0.25) is 0 Å². The maximum atomic E-state index is 12.3. The lowest BCUT2D eigenvalue weighted by Crippen LogP contribution is -2.03. The van der Waals surface area contributed by atoms with Crippen molar-refractivity contribution in [2.24, 2.45) is 0 Å². The van der Waals surface area contributed by atoms with E-state index in [4.69, 9.17) is 14.7 Å². The summed E-state index contributed by atoms with van der Waals surface area (Å²) in [7, 11) is 1.33. The van der Waals surface area contributed by atoms with Crippen LogP contribution in [0, 0.1) is 11.3 Å². The number of alkyl halides is 2. The van der Waals surface area contributed by atoms with Crippen molar-refractivity contribution in [1.82, 2.24) is 0 Å². The summed E-state index contributed by atoms with van der Waals surface area (Å²) < 4.78 is 39.0. The van der Waals surface area contributed by atoms with E-state index in [0.29, 0.717) is 11.1 Å². The van der Waals surface area contributed by atoms with E-state index >= 15 is 0 Å². The van der Waals surface area contributed by atoms with Gasteiger partial charge in [0.1, 0.15) is 6.61 Å². The second-order valence-electron chi connectivity index (χ2n) is 5.04. The third-order valence-corrected chi connectivity index (χ3v) is 3.28. The average Bonchev–Trinajstić information content (AvgIpc) is 2.65. The number of carbonyl (C=O) groups is 1. The third-order valence-electron chi connectivity index (χ3n) is 3.28. The number of rotatable bonds is 7. The number of methoxy groups -OCH3 is 1.